The van der Waals surface area contributed by atoms with Gasteiger partial charge in [-0.3, -0.25) is 19.7 Å². The Bertz CT molecular complexity index is 681. The first-order valence-electron chi connectivity index (χ1n) is 7.57. The average molecular weight is 335 g/mol. The molecule has 1 N–H and O–H groups in total. The van der Waals surface area contributed by atoms with E-state index < -0.39 is 10.8 Å². The highest BCUT2D eigenvalue weighted by molar-refractivity contribution is 5.98. The Morgan fingerprint density at radius 2 is 2.08 bits per heavy atom. The van der Waals surface area contributed by atoms with Crippen molar-refractivity contribution in [3.8, 4) is 5.75 Å². The van der Waals surface area contributed by atoms with E-state index in [0.29, 0.717) is 12.2 Å². The van der Waals surface area contributed by atoms with Crippen molar-refractivity contribution in [2.24, 2.45) is 5.92 Å². The van der Waals surface area contributed by atoms with Crippen LogP contribution in [0.2, 0.25) is 0 Å². The molecule has 1 aliphatic heterocycles. The Morgan fingerprint density at radius 3 is 2.58 bits per heavy atom. The quantitative estimate of drug-likeness (QED) is 0.671. The van der Waals surface area contributed by atoms with E-state index in [1.165, 1.54) is 25.3 Å². The molecule has 8 heteroatoms. The summed E-state index contributed by atoms with van der Waals surface area (Å²) < 4.78 is 5.10. The zero-order chi connectivity index (χ0) is 18.1. The molecule has 2 rings (SSSR count). The van der Waals surface area contributed by atoms with E-state index in [2.05, 4.69) is 5.32 Å². The summed E-state index contributed by atoms with van der Waals surface area (Å²) >= 11 is 0. The van der Waals surface area contributed by atoms with Gasteiger partial charge in [0.2, 0.25) is 11.8 Å². The number of likely N-dealkylation sites (tertiary alicyclic amines) is 1. The smallest absolute Gasteiger partial charge is 0.273 e. The van der Waals surface area contributed by atoms with Gasteiger partial charge in [-0.05, 0) is 26.8 Å². The van der Waals surface area contributed by atoms with Crippen LogP contribution in [-0.4, -0.2) is 40.8 Å². The van der Waals surface area contributed by atoms with Crippen molar-refractivity contribution in [1.82, 2.24) is 4.90 Å². The topological polar surface area (TPSA) is 102 Å². The monoisotopic (exact) mass is 335 g/mol. The molecule has 0 aliphatic carbocycles. The SMILES string of the molecule is COc1cc([N+](=O)[O-])ccc1NC(=O)[C@@H]1CC(=O)N(C(C)(C)C)C1. The molecule has 1 saturated heterocycles. The van der Waals surface area contributed by atoms with E-state index in [4.69, 9.17) is 4.74 Å². The van der Waals surface area contributed by atoms with Crippen LogP contribution in [0.15, 0.2) is 18.2 Å². The number of ether oxygens (including phenoxy) is 1. The van der Waals surface area contributed by atoms with E-state index in [0.717, 1.165) is 0 Å². The first-order valence-corrected chi connectivity index (χ1v) is 7.57. The number of hydrogen-bond acceptors (Lipinski definition) is 5. The minimum atomic E-state index is -0.537. The minimum absolute atomic E-state index is 0.0571. The number of hydrogen-bond donors (Lipinski definition) is 1. The molecule has 24 heavy (non-hydrogen) atoms. The number of benzene rings is 1. The molecule has 0 unspecified atom stereocenters. The molecule has 1 aromatic carbocycles. The van der Waals surface area contributed by atoms with Gasteiger partial charge in [0.1, 0.15) is 5.75 Å². The van der Waals surface area contributed by atoms with Crippen molar-refractivity contribution in [3.05, 3.63) is 28.3 Å². The number of nitro groups is 1. The molecule has 8 nitrogen and oxygen atoms in total. The maximum atomic E-state index is 12.4. The van der Waals surface area contributed by atoms with E-state index >= 15 is 0 Å². The zero-order valence-electron chi connectivity index (χ0n) is 14.2. The molecule has 0 spiro atoms. The second kappa shape index (κ2) is 6.46. The highest BCUT2D eigenvalue weighted by atomic mass is 16.6. The number of nitro benzene ring substituents is 1. The van der Waals surface area contributed by atoms with Gasteiger partial charge in [0, 0.05) is 24.6 Å². The summed E-state index contributed by atoms with van der Waals surface area (Å²) in [5.41, 5.74) is -0.119. The molecular weight excluding hydrogens is 314 g/mol. The molecule has 1 aromatic rings. The lowest BCUT2D eigenvalue weighted by Gasteiger charge is -2.31. The van der Waals surface area contributed by atoms with Crippen LogP contribution in [0.4, 0.5) is 11.4 Å². The summed E-state index contributed by atoms with van der Waals surface area (Å²) in [7, 11) is 1.37. The van der Waals surface area contributed by atoms with Crippen molar-refractivity contribution in [1.29, 1.82) is 0 Å². The summed E-state index contributed by atoms with van der Waals surface area (Å²) in [5, 5.41) is 13.5. The standard InChI is InChI=1S/C16H21N3O5/c1-16(2,3)18-9-10(7-14(18)20)15(21)17-12-6-5-11(19(22)23)8-13(12)24-4/h5-6,8,10H,7,9H2,1-4H3,(H,17,21)/t10-/m1/s1. The second-order valence-electron chi connectivity index (χ2n) is 6.71. The van der Waals surface area contributed by atoms with E-state index in [9.17, 15) is 19.7 Å². The number of methoxy groups -OCH3 is 1. The number of amides is 2. The summed E-state index contributed by atoms with van der Waals surface area (Å²) in [4.78, 5) is 36.5. The Hall–Kier alpha value is -2.64. The molecular formula is C16H21N3O5. The summed E-state index contributed by atoms with van der Waals surface area (Å²) in [6.07, 6.45) is 0.151. The van der Waals surface area contributed by atoms with Crippen LogP contribution in [0.5, 0.6) is 5.75 Å². The van der Waals surface area contributed by atoms with Crippen LogP contribution in [0.25, 0.3) is 0 Å². The number of carbonyl (C=O) groups is 2. The van der Waals surface area contributed by atoms with E-state index in [-0.39, 0.29) is 35.2 Å². The van der Waals surface area contributed by atoms with Crippen molar-refractivity contribution >= 4 is 23.2 Å². The lowest BCUT2D eigenvalue weighted by atomic mass is 10.1. The fourth-order valence-electron chi connectivity index (χ4n) is 2.66. The molecule has 1 aliphatic rings. The summed E-state index contributed by atoms with van der Waals surface area (Å²) in [6.45, 7) is 6.11. The third kappa shape index (κ3) is 3.64. The normalized spacial score (nSPS) is 17.8. The van der Waals surface area contributed by atoms with Crippen molar-refractivity contribution in [3.63, 3.8) is 0 Å². The highest BCUT2D eigenvalue weighted by Crippen LogP contribution is 2.31. The minimum Gasteiger partial charge on any atom is -0.494 e. The van der Waals surface area contributed by atoms with Gasteiger partial charge in [0.25, 0.3) is 5.69 Å². The van der Waals surface area contributed by atoms with Crippen LogP contribution >= 0.6 is 0 Å². The van der Waals surface area contributed by atoms with Gasteiger partial charge in [0.05, 0.1) is 29.7 Å². The molecule has 0 aromatic heterocycles. The van der Waals surface area contributed by atoms with Crippen molar-refractivity contribution in [2.45, 2.75) is 32.7 Å². The number of carbonyl (C=O) groups excluding carboxylic acids is 2. The Balaban J connectivity index is 2.13. The van der Waals surface area contributed by atoms with E-state index in [1.807, 2.05) is 20.8 Å². The third-order valence-electron chi connectivity index (χ3n) is 3.96. The van der Waals surface area contributed by atoms with E-state index in [1.54, 1.807) is 4.90 Å². The molecule has 1 heterocycles. The van der Waals surface area contributed by atoms with Gasteiger partial charge in [0.15, 0.2) is 0 Å². The van der Waals surface area contributed by atoms with Gasteiger partial charge < -0.3 is 15.0 Å². The molecule has 0 saturated carbocycles. The average Bonchev–Trinajstić information content (AvgIpc) is 2.89. The van der Waals surface area contributed by atoms with Crippen LogP contribution in [0.3, 0.4) is 0 Å². The van der Waals surface area contributed by atoms with Crippen LogP contribution in [0, 0.1) is 16.0 Å². The lowest BCUT2D eigenvalue weighted by Crippen LogP contribution is -2.42. The van der Waals surface area contributed by atoms with Gasteiger partial charge >= 0.3 is 0 Å². The summed E-state index contributed by atoms with van der Waals surface area (Å²) in [5.74, 6) is -0.619. The predicted molar refractivity (Wildman–Crippen MR) is 87.9 cm³/mol. The van der Waals surface area contributed by atoms with Gasteiger partial charge in [-0.25, -0.2) is 0 Å². The number of non-ortho nitro benzene ring substituents is 1. The third-order valence-corrected chi connectivity index (χ3v) is 3.96. The molecule has 0 bridgehead atoms. The molecule has 1 atom stereocenters. The summed E-state index contributed by atoms with van der Waals surface area (Å²) in [6, 6.07) is 3.96. The van der Waals surface area contributed by atoms with Crippen LogP contribution in [0.1, 0.15) is 27.2 Å². The van der Waals surface area contributed by atoms with Crippen molar-refractivity contribution < 1.29 is 19.2 Å². The largest absolute Gasteiger partial charge is 0.494 e. The van der Waals surface area contributed by atoms with Crippen molar-refractivity contribution in [2.75, 3.05) is 19.0 Å². The Kier molecular flexibility index (Phi) is 4.77. The molecule has 1 fully saturated rings. The first kappa shape index (κ1) is 17.7. The maximum absolute atomic E-state index is 12.4. The Labute approximate surface area is 139 Å². The second-order valence-corrected chi connectivity index (χ2v) is 6.71. The number of nitrogens with zero attached hydrogens (tertiary/aromatic N) is 2. The zero-order valence-corrected chi connectivity index (χ0v) is 14.2. The number of nitrogens with one attached hydrogen (secondary N) is 1. The number of anilines is 1. The maximum Gasteiger partial charge on any atom is 0.273 e. The highest BCUT2D eigenvalue weighted by Gasteiger charge is 2.39. The van der Waals surface area contributed by atoms with Gasteiger partial charge in [-0.15, -0.1) is 0 Å². The predicted octanol–water partition coefficient (Wildman–Crippen LogP) is 2.19. The molecule has 0 radical (unpaired) electrons. The Morgan fingerprint density at radius 1 is 1.42 bits per heavy atom. The fraction of sp³-hybridized carbons (Fsp3) is 0.500. The van der Waals surface area contributed by atoms with Crippen LogP contribution < -0.4 is 10.1 Å². The van der Waals surface area contributed by atoms with Gasteiger partial charge in [-0.2, -0.15) is 0 Å². The fourth-order valence-corrected chi connectivity index (χ4v) is 2.66. The molecule has 2 amide bonds. The number of rotatable bonds is 4. The van der Waals surface area contributed by atoms with Crippen LogP contribution in [-0.2, 0) is 9.59 Å². The van der Waals surface area contributed by atoms with Gasteiger partial charge in [-0.1, -0.05) is 0 Å². The lowest BCUT2D eigenvalue weighted by molar-refractivity contribution is -0.384. The first-order chi connectivity index (χ1) is 11.1. The molecule has 130 valence electrons.